The minimum atomic E-state index is -4.70. The second-order valence-electron chi connectivity index (χ2n) is 6.70. The molecule has 0 aliphatic rings. The van der Waals surface area contributed by atoms with E-state index in [1.54, 1.807) is 16.7 Å². The van der Waals surface area contributed by atoms with E-state index in [1.807, 2.05) is 61.7 Å². The summed E-state index contributed by atoms with van der Waals surface area (Å²) in [7, 11) is 0. The van der Waals surface area contributed by atoms with Gasteiger partial charge in [-0.1, -0.05) is 42.0 Å². The number of halogens is 3. The van der Waals surface area contributed by atoms with Crippen LogP contribution in [0, 0.1) is 6.92 Å². The van der Waals surface area contributed by atoms with Crippen LogP contribution in [0.4, 0.5) is 13.2 Å². The Kier molecular flexibility index (Phi) is 6.36. The Hall–Kier alpha value is -3.00. The highest BCUT2D eigenvalue weighted by atomic mass is 32.2. The molecule has 156 valence electrons. The molecule has 0 fully saturated rings. The van der Waals surface area contributed by atoms with E-state index >= 15 is 0 Å². The van der Waals surface area contributed by atoms with Crippen molar-refractivity contribution in [2.75, 3.05) is 6.26 Å². The van der Waals surface area contributed by atoms with Crippen LogP contribution < -0.4 is 10.9 Å². The fourth-order valence-electron chi connectivity index (χ4n) is 2.94. The number of pyridine rings is 1. The number of amides is 1. The maximum Gasteiger partial charge on any atom is 0.431 e. The number of hydrogen-bond donors (Lipinski definition) is 2. The summed E-state index contributed by atoms with van der Waals surface area (Å²) in [6, 6.07) is 16.1. The highest BCUT2D eigenvalue weighted by molar-refractivity contribution is 7.98. The topological polar surface area (TPSA) is 62.0 Å². The zero-order valence-electron chi connectivity index (χ0n) is 16.2. The van der Waals surface area contributed by atoms with E-state index in [4.69, 9.17) is 0 Å². The van der Waals surface area contributed by atoms with Crippen LogP contribution >= 0.6 is 11.8 Å². The summed E-state index contributed by atoms with van der Waals surface area (Å²) in [5, 5.41) is 2.77. The zero-order chi connectivity index (χ0) is 21.9. The van der Waals surface area contributed by atoms with Crippen molar-refractivity contribution in [1.82, 2.24) is 10.3 Å². The molecule has 4 nitrogen and oxygen atoms in total. The van der Waals surface area contributed by atoms with Gasteiger partial charge < -0.3 is 10.3 Å². The lowest BCUT2D eigenvalue weighted by Gasteiger charge is -2.20. The van der Waals surface area contributed by atoms with E-state index < -0.39 is 29.4 Å². The van der Waals surface area contributed by atoms with Crippen LogP contribution in [-0.2, 0) is 6.18 Å². The standard InChI is InChI=1S/C22H19F3N2O2S/c1-13-3-5-14(6-4-13)19(15-7-9-16(30-2)10-8-15)27-21(29)17-11-12-18(22(23,24)25)26-20(17)28/h3-12,19H,1-2H3,(H,26,28)(H,27,29). The second-order valence-corrected chi connectivity index (χ2v) is 7.58. The Morgan fingerprint density at radius 3 is 2.03 bits per heavy atom. The van der Waals surface area contributed by atoms with Crippen molar-refractivity contribution >= 4 is 17.7 Å². The molecule has 1 unspecified atom stereocenters. The largest absolute Gasteiger partial charge is 0.431 e. The number of aromatic nitrogens is 1. The quantitative estimate of drug-likeness (QED) is 0.561. The average Bonchev–Trinajstić information content (AvgIpc) is 2.72. The number of benzene rings is 2. The number of aryl methyl sites for hydroxylation is 1. The normalized spacial score (nSPS) is 12.4. The first-order valence-corrected chi connectivity index (χ1v) is 10.2. The number of nitrogens with one attached hydrogen (secondary N) is 2. The fourth-order valence-corrected chi connectivity index (χ4v) is 3.35. The van der Waals surface area contributed by atoms with Gasteiger partial charge in [0.15, 0.2) is 0 Å². The van der Waals surface area contributed by atoms with Gasteiger partial charge in [-0.3, -0.25) is 9.59 Å². The summed E-state index contributed by atoms with van der Waals surface area (Å²) < 4.78 is 38.3. The molecule has 1 aromatic heterocycles. The van der Waals surface area contributed by atoms with Crippen molar-refractivity contribution in [1.29, 1.82) is 0 Å². The van der Waals surface area contributed by atoms with Crippen molar-refractivity contribution in [3.8, 4) is 0 Å². The van der Waals surface area contributed by atoms with E-state index in [0.717, 1.165) is 27.7 Å². The van der Waals surface area contributed by atoms with E-state index in [-0.39, 0.29) is 5.56 Å². The summed E-state index contributed by atoms with van der Waals surface area (Å²) in [5.41, 5.74) is -0.0707. The van der Waals surface area contributed by atoms with Crippen LogP contribution in [-0.4, -0.2) is 17.1 Å². The smallest absolute Gasteiger partial charge is 0.341 e. The Bertz CT molecular complexity index is 1090. The molecule has 0 spiro atoms. The first kappa shape index (κ1) is 21.7. The first-order valence-electron chi connectivity index (χ1n) is 9.01. The van der Waals surface area contributed by atoms with Crippen LogP contribution in [0.1, 0.15) is 38.8 Å². The third-order valence-electron chi connectivity index (χ3n) is 4.59. The average molecular weight is 432 g/mol. The Labute approximate surface area is 175 Å². The molecule has 8 heteroatoms. The number of rotatable bonds is 5. The minimum Gasteiger partial charge on any atom is -0.341 e. The van der Waals surface area contributed by atoms with Gasteiger partial charge in [0, 0.05) is 4.90 Å². The lowest BCUT2D eigenvalue weighted by molar-refractivity contribution is -0.141. The van der Waals surface area contributed by atoms with Crippen molar-refractivity contribution in [2.45, 2.75) is 24.0 Å². The molecule has 2 aromatic carbocycles. The summed E-state index contributed by atoms with van der Waals surface area (Å²) in [5.74, 6) is -0.760. The molecule has 1 atom stereocenters. The van der Waals surface area contributed by atoms with Gasteiger partial charge >= 0.3 is 6.18 Å². The number of aromatic amines is 1. The van der Waals surface area contributed by atoms with Gasteiger partial charge in [-0.2, -0.15) is 13.2 Å². The highest BCUT2D eigenvalue weighted by Crippen LogP contribution is 2.27. The Morgan fingerprint density at radius 2 is 1.53 bits per heavy atom. The lowest BCUT2D eigenvalue weighted by atomic mass is 9.97. The molecule has 0 aliphatic carbocycles. The summed E-state index contributed by atoms with van der Waals surface area (Å²) in [6.45, 7) is 1.94. The van der Waals surface area contributed by atoms with Gasteiger partial charge in [-0.15, -0.1) is 11.8 Å². The van der Waals surface area contributed by atoms with Crippen LogP contribution in [0.25, 0.3) is 0 Å². The van der Waals surface area contributed by atoms with E-state index in [9.17, 15) is 22.8 Å². The highest BCUT2D eigenvalue weighted by Gasteiger charge is 2.32. The van der Waals surface area contributed by atoms with E-state index in [2.05, 4.69) is 5.32 Å². The monoisotopic (exact) mass is 432 g/mol. The number of carbonyl (C=O) groups is 1. The van der Waals surface area contributed by atoms with Crippen molar-refractivity contribution in [2.24, 2.45) is 0 Å². The third kappa shape index (κ3) is 4.94. The molecule has 2 N–H and O–H groups in total. The van der Waals surface area contributed by atoms with Gasteiger partial charge in [0.1, 0.15) is 11.3 Å². The van der Waals surface area contributed by atoms with Crippen LogP contribution in [0.3, 0.4) is 0 Å². The van der Waals surface area contributed by atoms with Crippen molar-refractivity contribution in [3.05, 3.63) is 99.0 Å². The van der Waals surface area contributed by atoms with Crippen LogP contribution in [0.2, 0.25) is 0 Å². The van der Waals surface area contributed by atoms with Gasteiger partial charge in [-0.05, 0) is 48.6 Å². The molecule has 1 amide bonds. The number of thioether (sulfide) groups is 1. The SMILES string of the molecule is CSc1ccc(C(NC(=O)c2ccc(C(F)(F)F)[nH]c2=O)c2ccc(C)cc2)cc1. The molecule has 0 saturated carbocycles. The Morgan fingerprint density at radius 1 is 0.967 bits per heavy atom. The molecule has 3 rings (SSSR count). The van der Waals surface area contributed by atoms with Gasteiger partial charge in [-0.25, -0.2) is 0 Å². The molecule has 1 heterocycles. The second kappa shape index (κ2) is 8.79. The minimum absolute atomic E-state index is 0.388. The van der Waals surface area contributed by atoms with Gasteiger partial charge in [0.05, 0.1) is 6.04 Å². The predicted molar refractivity (Wildman–Crippen MR) is 111 cm³/mol. The molecular formula is C22H19F3N2O2S. The summed E-state index contributed by atoms with van der Waals surface area (Å²) in [4.78, 5) is 27.6. The summed E-state index contributed by atoms with van der Waals surface area (Å²) in [6.07, 6.45) is -2.75. The predicted octanol–water partition coefficient (Wildman–Crippen LogP) is 4.94. The number of H-pyrrole nitrogens is 1. The van der Waals surface area contributed by atoms with Crippen LogP contribution in [0.5, 0.6) is 0 Å². The number of hydrogen-bond acceptors (Lipinski definition) is 3. The molecule has 0 saturated heterocycles. The lowest BCUT2D eigenvalue weighted by Crippen LogP contribution is -2.34. The maximum absolute atomic E-state index is 12.8. The van der Waals surface area contributed by atoms with Crippen LogP contribution in [0.15, 0.2) is 70.4 Å². The van der Waals surface area contributed by atoms with E-state index in [0.29, 0.717) is 6.07 Å². The van der Waals surface area contributed by atoms with Crippen molar-refractivity contribution < 1.29 is 18.0 Å². The van der Waals surface area contributed by atoms with Gasteiger partial charge in [0.25, 0.3) is 11.5 Å². The molecule has 0 radical (unpaired) electrons. The molecule has 3 aromatic rings. The Balaban J connectivity index is 1.95. The molecular weight excluding hydrogens is 413 g/mol. The molecule has 30 heavy (non-hydrogen) atoms. The third-order valence-corrected chi connectivity index (χ3v) is 5.34. The van der Waals surface area contributed by atoms with E-state index in [1.165, 1.54) is 0 Å². The fraction of sp³-hybridized carbons (Fsp3) is 0.182. The van der Waals surface area contributed by atoms with Gasteiger partial charge in [0.2, 0.25) is 0 Å². The zero-order valence-corrected chi connectivity index (χ0v) is 17.0. The number of carbonyl (C=O) groups excluding carboxylic acids is 1. The van der Waals surface area contributed by atoms with Crippen molar-refractivity contribution in [3.63, 3.8) is 0 Å². The molecule has 0 aliphatic heterocycles. The first-order chi connectivity index (χ1) is 14.2. The number of alkyl halides is 3. The molecule has 0 bridgehead atoms. The summed E-state index contributed by atoms with van der Waals surface area (Å²) >= 11 is 1.58. The maximum atomic E-state index is 12.8.